The summed E-state index contributed by atoms with van der Waals surface area (Å²) in [6.07, 6.45) is 5.28. The fraction of sp³-hybridized carbons (Fsp3) is 0.875. The molecule has 0 aromatic rings. The second-order valence-corrected chi connectivity index (χ2v) is 6.45. The van der Waals surface area contributed by atoms with Crippen LogP contribution in [0.15, 0.2) is 0 Å². The molecule has 2 rings (SSSR count). The number of hydrogen-bond acceptors (Lipinski definition) is 3. The SMILES string of the molecule is CCN1CCC(N(C)C(=O)C2CCCCC2C(=O)O)CC1. The lowest BCUT2D eigenvalue weighted by molar-refractivity contribution is -0.153. The van der Waals surface area contributed by atoms with Crippen molar-refractivity contribution in [2.24, 2.45) is 11.8 Å². The van der Waals surface area contributed by atoms with E-state index in [1.54, 1.807) is 0 Å². The number of rotatable bonds is 4. The van der Waals surface area contributed by atoms with Gasteiger partial charge in [0.2, 0.25) is 5.91 Å². The van der Waals surface area contributed by atoms with Gasteiger partial charge in [0, 0.05) is 26.2 Å². The Labute approximate surface area is 127 Å². The third-order valence-corrected chi connectivity index (χ3v) is 5.30. The first-order valence-electron chi connectivity index (χ1n) is 8.26. The Balaban J connectivity index is 1.96. The van der Waals surface area contributed by atoms with Gasteiger partial charge >= 0.3 is 5.97 Å². The second-order valence-electron chi connectivity index (χ2n) is 6.45. The molecule has 5 nitrogen and oxygen atoms in total. The molecule has 2 fully saturated rings. The number of likely N-dealkylation sites (tertiary alicyclic amines) is 1. The Hall–Kier alpha value is -1.10. The summed E-state index contributed by atoms with van der Waals surface area (Å²) in [5.41, 5.74) is 0. The Morgan fingerprint density at radius 3 is 2.19 bits per heavy atom. The van der Waals surface area contributed by atoms with E-state index >= 15 is 0 Å². The predicted octanol–water partition coefficient (Wildman–Crippen LogP) is 1.82. The Morgan fingerprint density at radius 2 is 1.67 bits per heavy atom. The minimum absolute atomic E-state index is 0.0528. The van der Waals surface area contributed by atoms with Gasteiger partial charge in [-0.15, -0.1) is 0 Å². The molecule has 0 aromatic heterocycles. The normalized spacial score (nSPS) is 28.3. The summed E-state index contributed by atoms with van der Waals surface area (Å²) in [7, 11) is 1.86. The molecule has 1 N–H and O–H groups in total. The van der Waals surface area contributed by atoms with E-state index in [-0.39, 0.29) is 17.9 Å². The number of carbonyl (C=O) groups excluding carboxylic acids is 1. The van der Waals surface area contributed by atoms with Crippen molar-refractivity contribution in [3.8, 4) is 0 Å². The minimum atomic E-state index is -0.803. The molecule has 1 aliphatic heterocycles. The van der Waals surface area contributed by atoms with Gasteiger partial charge in [-0.25, -0.2) is 0 Å². The molecule has 1 saturated carbocycles. The van der Waals surface area contributed by atoms with Crippen LogP contribution in [-0.2, 0) is 9.59 Å². The molecule has 2 atom stereocenters. The fourth-order valence-corrected chi connectivity index (χ4v) is 3.79. The highest BCUT2D eigenvalue weighted by Crippen LogP contribution is 2.32. The van der Waals surface area contributed by atoms with Crippen LogP contribution in [0.25, 0.3) is 0 Å². The Morgan fingerprint density at radius 1 is 1.10 bits per heavy atom. The first-order valence-corrected chi connectivity index (χ1v) is 8.26. The topological polar surface area (TPSA) is 60.9 Å². The van der Waals surface area contributed by atoms with Crippen molar-refractivity contribution < 1.29 is 14.7 Å². The number of carbonyl (C=O) groups is 2. The molecule has 5 heteroatoms. The van der Waals surface area contributed by atoms with Crippen molar-refractivity contribution in [1.82, 2.24) is 9.80 Å². The molecular weight excluding hydrogens is 268 g/mol. The summed E-state index contributed by atoms with van der Waals surface area (Å²) >= 11 is 0. The van der Waals surface area contributed by atoms with Crippen LogP contribution in [0.2, 0.25) is 0 Å². The molecule has 0 bridgehead atoms. The van der Waals surface area contributed by atoms with Gasteiger partial charge in [0.15, 0.2) is 0 Å². The molecule has 1 aliphatic carbocycles. The lowest BCUT2D eigenvalue weighted by atomic mass is 9.78. The largest absolute Gasteiger partial charge is 0.481 e. The van der Waals surface area contributed by atoms with Gasteiger partial charge in [0.25, 0.3) is 0 Å². The maximum atomic E-state index is 12.7. The molecule has 0 radical (unpaired) electrons. The molecular formula is C16H28N2O3. The van der Waals surface area contributed by atoms with E-state index in [2.05, 4.69) is 11.8 Å². The highest BCUT2D eigenvalue weighted by molar-refractivity contribution is 5.85. The van der Waals surface area contributed by atoms with Crippen LogP contribution in [-0.4, -0.2) is 59.5 Å². The van der Waals surface area contributed by atoms with Crippen molar-refractivity contribution in [2.75, 3.05) is 26.7 Å². The Kier molecular flexibility index (Phi) is 5.62. The fourth-order valence-electron chi connectivity index (χ4n) is 3.79. The van der Waals surface area contributed by atoms with Gasteiger partial charge in [-0.1, -0.05) is 19.8 Å². The summed E-state index contributed by atoms with van der Waals surface area (Å²) in [5.74, 6) is -1.55. The van der Waals surface area contributed by atoms with E-state index in [1.807, 2.05) is 11.9 Å². The zero-order valence-electron chi connectivity index (χ0n) is 13.3. The van der Waals surface area contributed by atoms with E-state index in [0.717, 1.165) is 51.7 Å². The lowest BCUT2D eigenvalue weighted by Crippen LogP contribution is -2.49. The molecule has 1 amide bonds. The molecule has 21 heavy (non-hydrogen) atoms. The smallest absolute Gasteiger partial charge is 0.307 e. The standard InChI is InChI=1S/C16H28N2O3/c1-3-18-10-8-12(9-11-18)17(2)15(19)13-6-4-5-7-14(13)16(20)21/h12-14H,3-11H2,1-2H3,(H,20,21). The average molecular weight is 296 g/mol. The highest BCUT2D eigenvalue weighted by Gasteiger charge is 2.38. The van der Waals surface area contributed by atoms with Crippen molar-refractivity contribution in [3.63, 3.8) is 0 Å². The molecule has 120 valence electrons. The maximum absolute atomic E-state index is 12.7. The van der Waals surface area contributed by atoms with Crippen molar-refractivity contribution in [2.45, 2.75) is 51.5 Å². The van der Waals surface area contributed by atoms with Gasteiger partial charge in [-0.3, -0.25) is 9.59 Å². The van der Waals surface area contributed by atoms with Crippen molar-refractivity contribution in [1.29, 1.82) is 0 Å². The number of nitrogens with zero attached hydrogens (tertiary/aromatic N) is 2. The summed E-state index contributed by atoms with van der Waals surface area (Å²) in [6, 6.07) is 0.275. The van der Waals surface area contributed by atoms with Crippen LogP contribution in [0, 0.1) is 11.8 Å². The van der Waals surface area contributed by atoms with E-state index in [9.17, 15) is 14.7 Å². The number of carboxylic acids is 1. The molecule has 1 heterocycles. The minimum Gasteiger partial charge on any atom is -0.481 e. The number of piperidine rings is 1. The first kappa shape index (κ1) is 16.3. The quantitative estimate of drug-likeness (QED) is 0.859. The van der Waals surface area contributed by atoms with E-state index in [4.69, 9.17) is 0 Å². The van der Waals surface area contributed by atoms with Crippen LogP contribution < -0.4 is 0 Å². The second kappa shape index (κ2) is 7.25. The predicted molar refractivity (Wildman–Crippen MR) is 81.0 cm³/mol. The first-order chi connectivity index (χ1) is 10.0. The number of amides is 1. The van der Waals surface area contributed by atoms with Crippen LogP contribution >= 0.6 is 0 Å². The zero-order valence-corrected chi connectivity index (χ0v) is 13.3. The molecule has 2 unspecified atom stereocenters. The van der Waals surface area contributed by atoms with Gasteiger partial charge in [-0.05, 0) is 32.2 Å². The molecule has 1 saturated heterocycles. The maximum Gasteiger partial charge on any atom is 0.307 e. The summed E-state index contributed by atoms with van der Waals surface area (Å²) in [5, 5.41) is 9.34. The lowest BCUT2D eigenvalue weighted by Gasteiger charge is -2.39. The van der Waals surface area contributed by atoms with Crippen LogP contribution in [0.4, 0.5) is 0 Å². The van der Waals surface area contributed by atoms with Gasteiger partial charge in [-0.2, -0.15) is 0 Å². The van der Waals surface area contributed by atoms with Gasteiger partial charge in [0.05, 0.1) is 11.8 Å². The van der Waals surface area contributed by atoms with Crippen LogP contribution in [0.3, 0.4) is 0 Å². The number of carboxylic acid groups (broad SMARTS) is 1. The number of aliphatic carboxylic acids is 1. The number of hydrogen-bond donors (Lipinski definition) is 1. The van der Waals surface area contributed by atoms with Gasteiger partial charge in [0.1, 0.15) is 0 Å². The average Bonchev–Trinajstić information content (AvgIpc) is 2.53. The molecule has 0 spiro atoms. The van der Waals surface area contributed by atoms with E-state index in [1.165, 1.54) is 0 Å². The summed E-state index contributed by atoms with van der Waals surface area (Å²) in [4.78, 5) is 28.3. The van der Waals surface area contributed by atoms with Crippen LogP contribution in [0.1, 0.15) is 45.4 Å². The molecule has 0 aromatic carbocycles. The molecule has 2 aliphatic rings. The van der Waals surface area contributed by atoms with Crippen molar-refractivity contribution in [3.05, 3.63) is 0 Å². The monoisotopic (exact) mass is 296 g/mol. The third-order valence-electron chi connectivity index (χ3n) is 5.30. The Bertz CT molecular complexity index is 378. The summed E-state index contributed by atoms with van der Waals surface area (Å²) in [6.45, 7) is 5.29. The van der Waals surface area contributed by atoms with Crippen LogP contribution in [0.5, 0.6) is 0 Å². The van der Waals surface area contributed by atoms with Crippen molar-refractivity contribution >= 4 is 11.9 Å². The van der Waals surface area contributed by atoms with Gasteiger partial charge < -0.3 is 14.9 Å². The van der Waals surface area contributed by atoms with E-state index < -0.39 is 11.9 Å². The summed E-state index contributed by atoms with van der Waals surface area (Å²) < 4.78 is 0. The third kappa shape index (κ3) is 3.76. The zero-order chi connectivity index (χ0) is 15.4. The highest BCUT2D eigenvalue weighted by atomic mass is 16.4. The van der Waals surface area contributed by atoms with E-state index in [0.29, 0.717) is 6.42 Å².